The van der Waals surface area contributed by atoms with Gasteiger partial charge in [0.15, 0.2) is 0 Å². The zero-order valence-electron chi connectivity index (χ0n) is 23.9. The van der Waals surface area contributed by atoms with Crippen molar-refractivity contribution in [2.75, 3.05) is 6.54 Å². The molecule has 214 valence electrons. The number of hydrogen-bond donors (Lipinski definition) is 3. The third kappa shape index (κ3) is 8.21. The first kappa shape index (κ1) is 29.9. The normalized spacial score (nSPS) is 16.8. The van der Waals surface area contributed by atoms with Crippen molar-refractivity contribution < 1.29 is 18.7 Å². The van der Waals surface area contributed by atoms with Crippen molar-refractivity contribution in [2.24, 2.45) is 5.41 Å². The molecule has 0 bridgehead atoms. The maximum atomic E-state index is 14.0. The molecule has 0 saturated heterocycles. The monoisotopic (exact) mass is 548 g/mol. The van der Waals surface area contributed by atoms with E-state index in [1.807, 2.05) is 6.07 Å². The van der Waals surface area contributed by atoms with Gasteiger partial charge in [0, 0.05) is 23.7 Å². The summed E-state index contributed by atoms with van der Waals surface area (Å²) in [5.41, 5.74) is 3.22. The first-order valence-corrected chi connectivity index (χ1v) is 14.4. The van der Waals surface area contributed by atoms with Crippen LogP contribution in [0, 0.1) is 17.0 Å². The quantitative estimate of drug-likeness (QED) is 0.264. The maximum Gasteiger partial charge on any atom is 0.251 e. The minimum atomic E-state index is -0.990. The van der Waals surface area contributed by atoms with Gasteiger partial charge in [-0.1, -0.05) is 82.5 Å². The van der Waals surface area contributed by atoms with E-state index < -0.39 is 23.8 Å². The molecule has 4 nitrogen and oxygen atoms in total. The minimum absolute atomic E-state index is 0.0875. The van der Waals surface area contributed by atoms with Crippen LogP contribution in [0.5, 0.6) is 0 Å². The van der Waals surface area contributed by atoms with Crippen LogP contribution in [0.4, 0.5) is 8.78 Å². The summed E-state index contributed by atoms with van der Waals surface area (Å²) < 4.78 is 27.9. The van der Waals surface area contributed by atoms with Crippen LogP contribution in [-0.4, -0.2) is 29.7 Å². The van der Waals surface area contributed by atoms with Crippen molar-refractivity contribution in [1.82, 2.24) is 10.6 Å². The fourth-order valence-electron chi connectivity index (χ4n) is 5.86. The van der Waals surface area contributed by atoms with Gasteiger partial charge in [-0.2, -0.15) is 0 Å². The van der Waals surface area contributed by atoms with E-state index >= 15 is 0 Å². The molecule has 0 aliphatic heterocycles. The first-order chi connectivity index (χ1) is 19.0. The highest BCUT2D eigenvalue weighted by molar-refractivity contribution is 5.94. The largest absolute Gasteiger partial charge is 0.390 e. The third-order valence-electron chi connectivity index (χ3n) is 7.77. The Morgan fingerprint density at radius 1 is 0.900 bits per heavy atom. The number of aliphatic hydroxyl groups excluding tert-OH is 1. The van der Waals surface area contributed by atoms with E-state index in [2.05, 4.69) is 55.7 Å². The average molecular weight is 549 g/mol. The van der Waals surface area contributed by atoms with Crippen molar-refractivity contribution in [3.8, 4) is 0 Å². The fourth-order valence-corrected chi connectivity index (χ4v) is 5.86. The van der Waals surface area contributed by atoms with E-state index in [1.165, 1.54) is 29.7 Å². The van der Waals surface area contributed by atoms with E-state index in [0.29, 0.717) is 11.1 Å². The van der Waals surface area contributed by atoms with E-state index in [9.17, 15) is 18.7 Å². The molecule has 1 aliphatic rings. The molecule has 1 aliphatic carbocycles. The molecule has 0 spiro atoms. The number of amides is 1. The lowest BCUT2D eigenvalue weighted by Gasteiger charge is -2.40. The predicted octanol–water partition coefficient (Wildman–Crippen LogP) is 6.70. The van der Waals surface area contributed by atoms with Crippen LogP contribution >= 0.6 is 0 Å². The summed E-state index contributed by atoms with van der Waals surface area (Å²) in [5, 5.41) is 18.1. The predicted molar refractivity (Wildman–Crippen MR) is 156 cm³/mol. The second-order valence-corrected chi connectivity index (χ2v) is 12.5. The van der Waals surface area contributed by atoms with Crippen molar-refractivity contribution in [2.45, 2.75) is 83.4 Å². The van der Waals surface area contributed by atoms with Crippen molar-refractivity contribution >= 4 is 5.91 Å². The molecule has 40 heavy (non-hydrogen) atoms. The Bertz CT molecular complexity index is 1250. The van der Waals surface area contributed by atoms with Crippen LogP contribution in [0.3, 0.4) is 0 Å². The molecule has 2 atom stereocenters. The molecule has 3 N–H and O–H groups in total. The number of carbonyl (C=O) groups excluding carboxylic acids is 1. The van der Waals surface area contributed by atoms with E-state index in [4.69, 9.17) is 0 Å². The number of aliphatic hydroxyl groups is 1. The van der Waals surface area contributed by atoms with Gasteiger partial charge in [-0.25, -0.2) is 8.78 Å². The lowest BCUT2D eigenvalue weighted by Crippen LogP contribution is -2.53. The van der Waals surface area contributed by atoms with Gasteiger partial charge in [0.05, 0.1) is 12.1 Å². The summed E-state index contributed by atoms with van der Waals surface area (Å²) in [5.74, 6) is -1.72. The van der Waals surface area contributed by atoms with Crippen molar-refractivity contribution in [1.29, 1.82) is 0 Å². The summed E-state index contributed by atoms with van der Waals surface area (Å²) in [4.78, 5) is 13.0. The highest BCUT2D eigenvalue weighted by atomic mass is 19.1. The van der Waals surface area contributed by atoms with Gasteiger partial charge in [-0.05, 0) is 72.1 Å². The maximum absolute atomic E-state index is 14.0. The number of nitrogens with one attached hydrogen (secondary N) is 2. The number of rotatable bonds is 10. The van der Waals surface area contributed by atoms with Crippen LogP contribution in [0.25, 0.3) is 0 Å². The van der Waals surface area contributed by atoms with E-state index in [-0.39, 0.29) is 29.8 Å². The summed E-state index contributed by atoms with van der Waals surface area (Å²) in [6, 6.07) is 20.1. The molecule has 0 aromatic heterocycles. The van der Waals surface area contributed by atoms with Gasteiger partial charge in [0.2, 0.25) is 0 Å². The van der Waals surface area contributed by atoms with Crippen LogP contribution < -0.4 is 10.6 Å². The van der Waals surface area contributed by atoms with Crippen molar-refractivity contribution in [3.05, 3.63) is 107 Å². The Labute approximate surface area is 237 Å². The highest BCUT2D eigenvalue weighted by Crippen LogP contribution is 2.38. The van der Waals surface area contributed by atoms with Crippen LogP contribution in [0.15, 0.2) is 72.8 Å². The Hall–Kier alpha value is -3.09. The Morgan fingerprint density at radius 3 is 2.23 bits per heavy atom. The lowest BCUT2D eigenvalue weighted by atomic mass is 9.75. The van der Waals surface area contributed by atoms with Gasteiger partial charge < -0.3 is 15.7 Å². The molecule has 1 amide bonds. The van der Waals surface area contributed by atoms with Crippen LogP contribution in [0.2, 0.25) is 0 Å². The van der Waals surface area contributed by atoms with E-state index in [1.54, 1.807) is 24.3 Å². The standard InChI is InChI=1S/C34H42F2N2O2/c1-33(2,3)22-24-11-10-14-27(17-24)34(15-8-5-9-16-34)37-23-31(39)30(20-25-18-28(35)21-29(36)19-25)38-32(40)26-12-6-4-7-13-26/h4,6-7,10-14,17-19,21,30-31,37,39H,5,8-9,15-16,20,22-23H2,1-3H3,(H,38,40)/t30-,31-/m1/s1. The van der Waals surface area contributed by atoms with Gasteiger partial charge in [-0.15, -0.1) is 0 Å². The number of halogens is 2. The molecule has 0 unspecified atom stereocenters. The molecule has 1 saturated carbocycles. The number of benzene rings is 3. The summed E-state index contributed by atoms with van der Waals surface area (Å²) in [6.07, 6.45) is 5.32. The molecule has 6 heteroatoms. The Morgan fingerprint density at radius 2 is 1.57 bits per heavy atom. The van der Waals surface area contributed by atoms with Crippen LogP contribution in [-0.2, 0) is 18.4 Å². The summed E-state index contributed by atoms with van der Waals surface area (Å²) >= 11 is 0. The number of hydrogen-bond acceptors (Lipinski definition) is 3. The topological polar surface area (TPSA) is 61.4 Å². The molecular weight excluding hydrogens is 506 g/mol. The van der Waals surface area contributed by atoms with Gasteiger partial charge in [0.25, 0.3) is 5.91 Å². The zero-order valence-corrected chi connectivity index (χ0v) is 23.9. The van der Waals surface area contributed by atoms with Gasteiger partial charge in [-0.3, -0.25) is 4.79 Å². The lowest BCUT2D eigenvalue weighted by molar-refractivity contribution is 0.0788. The second kappa shape index (κ2) is 13.0. The van der Waals surface area contributed by atoms with E-state index in [0.717, 1.165) is 38.2 Å². The Kier molecular flexibility index (Phi) is 9.75. The SMILES string of the molecule is CC(C)(C)Cc1cccc(C2(NC[C@@H](O)[C@@H](Cc3cc(F)cc(F)c3)NC(=O)c3ccccc3)CCCCC2)c1. The molecule has 0 heterocycles. The minimum Gasteiger partial charge on any atom is -0.390 e. The highest BCUT2D eigenvalue weighted by Gasteiger charge is 2.35. The summed E-state index contributed by atoms with van der Waals surface area (Å²) in [7, 11) is 0. The molecule has 3 aromatic carbocycles. The number of carbonyl (C=O) groups is 1. The molecule has 4 rings (SSSR count). The zero-order chi connectivity index (χ0) is 28.8. The third-order valence-corrected chi connectivity index (χ3v) is 7.77. The van der Waals surface area contributed by atoms with Gasteiger partial charge >= 0.3 is 0 Å². The first-order valence-electron chi connectivity index (χ1n) is 14.4. The average Bonchev–Trinajstić information content (AvgIpc) is 2.91. The van der Waals surface area contributed by atoms with Crippen LogP contribution in [0.1, 0.15) is 79.9 Å². The molecule has 1 fully saturated rings. The second-order valence-electron chi connectivity index (χ2n) is 12.5. The molecule has 0 radical (unpaired) electrons. The fraction of sp³-hybridized carbons (Fsp3) is 0.441. The molecule has 3 aromatic rings. The summed E-state index contributed by atoms with van der Waals surface area (Å²) in [6.45, 7) is 6.93. The van der Waals surface area contributed by atoms with Gasteiger partial charge in [0.1, 0.15) is 11.6 Å². The Balaban J connectivity index is 1.56. The molecular formula is C34H42F2N2O2. The van der Waals surface area contributed by atoms with Crippen molar-refractivity contribution in [3.63, 3.8) is 0 Å². The smallest absolute Gasteiger partial charge is 0.251 e.